The lowest BCUT2D eigenvalue weighted by Gasteiger charge is -2.34. The van der Waals surface area contributed by atoms with Crippen LogP contribution < -0.4 is 0 Å². The van der Waals surface area contributed by atoms with Gasteiger partial charge in [-0.15, -0.1) is 0 Å². The van der Waals surface area contributed by atoms with Crippen molar-refractivity contribution < 1.29 is 13.9 Å². The fourth-order valence-corrected chi connectivity index (χ4v) is 5.54. The van der Waals surface area contributed by atoms with E-state index in [0.29, 0.717) is 31.0 Å². The Morgan fingerprint density at radius 1 is 1.00 bits per heavy atom. The molecule has 1 unspecified atom stereocenters. The van der Waals surface area contributed by atoms with Crippen molar-refractivity contribution in [2.45, 2.75) is 89.0 Å². The predicted molar refractivity (Wildman–Crippen MR) is 131 cm³/mol. The van der Waals surface area contributed by atoms with Crippen molar-refractivity contribution in [2.24, 2.45) is 0 Å². The second kappa shape index (κ2) is 11.6. The number of halogens is 2. The molecule has 2 nitrogen and oxygen atoms in total. The number of hydrogen-bond donors (Lipinski definition) is 1. The first-order chi connectivity index (χ1) is 15.2. The smallest absolute Gasteiger partial charge is 0.126 e. The first-order valence-electron chi connectivity index (χ1n) is 11.8. The zero-order chi connectivity index (χ0) is 23.1. The lowest BCUT2D eigenvalue weighted by molar-refractivity contribution is 0.121. The van der Waals surface area contributed by atoms with Gasteiger partial charge in [0, 0.05) is 24.4 Å². The van der Waals surface area contributed by atoms with Crippen LogP contribution in [0.4, 0.5) is 8.78 Å². The van der Waals surface area contributed by atoms with Crippen LogP contribution in [-0.4, -0.2) is 28.1 Å². The molecule has 32 heavy (non-hydrogen) atoms. The normalized spacial score (nSPS) is 16.5. The van der Waals surface area contributed by atoms with E-state index in [1.807, 2.05) is 11.9 Å². The SMILES string of the molecule is CC(C)(C)c1cccc(CSN(CC(O)CCc2cc(F)cc(F)c2)C2CCCCC2)c1. The number of aliphatic hydroxyl groups is 1. The van der Waals surface area contributed by atoms with E-state index in [9.17, 15) is 13.9 Å². The second-order valence-corrected chi connectivity index (χ2v) is 11.1. The maximum absolute atomic E-state index is 13.5. The minimum absolute atomic E-state index is 0.121. The molecule has 1 N–H and O–H groups in total. The largest absolute Gasteiger partial charge is 0.392 e. The van der Waals surface area contributed by atoms with Gasteiger partial charge in [-0.1, -0.05) is 76.2 Å². The molecule has 1 saturated carbocycles. The third-order valence-corrected chi connectivity index (χ3v) is 7.49. The first-order valence-corrected chi connectivity index (χ1v) is 12.8. The molecule has 0 heterocycles. The number of aliphatic hydroxyl groups excluding tert-OH is 1. The Bertz CT molecular complexity index is 841. The molecule has 1 aliphatic carbocycles. The highest BCUT2D eigenvalue weighted by molar-refractivity contribution is 7.96. The maximum Gasteiger partial charge on any atom is 0.126 e. The highest BCUT2D eigenvalue weighted by atomic mass is 32.2. The molecular weight excluding hydrogens is 424 g/mol. The molecule has 176 valence electrons. The van der Waals surface area contributed by atoms with Crippen molar-refractivity contribution >= 4 is 11.9 Å². The maximum atomic E-state index is 13.5. The summed E-state index contributed by atoms with van der Waals surface area (Å²) in [5.74, 6) is -0.250. The van der Waals surface area contributed by atoms with E-state index in [1.165, 1.54) is 42.5 Å². The van der Waals surface area contributed by atoms with E-state index in [-0.39, 0.29) is 5.41 Å². The Labute approximate surface area is 196 Å². The summed E-state index contributed by atoms with van der Waals surface area (Å²) in [6.45, 7) is 7.27. The highest BCUT2D eigenvalue weighted by Crippen LogP contribution is 2.31. The van der Waals surface area contributed by atoms with Crippen LogP contribution in [-0.2, 0) is 17.6 Å². The Kier molecular flexibility index (Phi) is 9.15. The van der Waals surface area contributed by atoms with E-state index >= 15 is 0 Å². The van der Waals surface area contributed by atoms with Crippen LogP contribution in [0.5, 0.6) is 0 Å². The number of hydrogen-bond acceptors (Lipinski definition) is 3. The van der Waals surface area contributed by atoms with E-state index in [4.69, 9.17) is 0 Å². The third kappa shape index (κ3) is 7.86. The molecule has 2 aromatic rings. The molecule has 0 spiro atoms. The van der Waals surface area contributed by atoms with Crippen molar-refractivity contribution in [2.75, 3.05) is 6.54 Å². The summed E-state index contributed by atoms with van der Waals surface area (Å²) in [4.78, 5) is 0. The number of rotatable bonds is 9. The van der Waals surface area contributed by atoms with Gasteiger partial charge in [-0.05, 0) is 59.9 Å². The Morgan fingerprint density at radius 2 is 1.69 bits per heavy atom. The van der Waals surface area contributed by atoms with Crippen molar-refractivity contribution in [1.29, 1.82) is 0 Å². The molecule has 1 aliphatic rings. The minimum Gasteiger partial charge on any atom is -0.392 e. The van der Waals surface area contributed by atoms with E-state index in [0.717, 1.165) is 24.7 Å². The zero-order valence-corrected chi connectivity index (χ0v) is 20.4. The molecule has 0 saturated heterocycles. The van der Waals surface area contributed by atoms with Gasteiger partial charge in [0.15, 0.2) is 0 Å². The molecule has 2 aromatic carbocycles. The van der Waals surface area contributed by atoms with Gasteiger partial charge in [-0.3, -0.25) is 0 Å². The summed E-state index contributed by atoms with van der Waals surface area (Å²) >= 11 is 1.81. The summed E-state index contributed by atoms with van der Waals surface area (Å²) in [5.41, 5.74) is 3.35. The Hall–Kier alpha value is -1.43. The lowest BCUT2D eigenvalue weighted by atomic mass is 9.86. The average molecular weight is 462 g/mol. The summed E-state index contributed by atoms with van der Waals surface area (Å²) in [7, 11) is 0. The number of aryl methyl sites for hydroxylation is 1. The fraction of sp³-hybridized carbons (Fsp3) is 0.556. The molecule has 1 fully saturated rings. The molecule has 5 heteroatoms. The molecule has 0 aromatic heterocycles. The van der Waals surface area contributed by atoms with Crippen molar-refractivity contribution in [3.8, 4) is 0 Å². The average Bonchev–Trinajstić information content (AvgIpc) is 2.75. The molecule has 0 radical (unpaired) electrons. The van der Waals surface area contributed by atoms with Crippen LogP contribution in [0.2, 0.25) is 0 Å². The molecule has 3 rings (SSSR count). The van der Waals surface area contributed by atoms with E-state index < -0.39 is 17.7 Å². The fourth-order valence-electron chi connectivity index (χ4n) is 4.35. The monoisotopic (exact) mass is 461 g/mol. The molecule has 0 amide bonds. The first kappa shape index (κ1) is 25.2. The minimum atomic E-state index is -0.564. The van der Waals surface area contributed by atoms with Crippen LogP contribution in [0.15, 0.2) is 42.5 Å². The molecule has 1 atom stereocenters. The van der Waals surface area contributed by atoms with Crippen LogP contribution >= 0.6 is 11.9 Å². The van der Waals surface area contributed by atoms with Crippen molar-refractivity contribution in [3.63, 3.8) is 0 Å². The van der Waals surface area contributed by atoms with Crippen LogP contribution in [0.1, 0.15) is 76.0 Å². The zero-order valence-electron chi connectivity index (χ0n) is 19.6. The van der Waals surface area contributed by atoms with Gasteiger partial charge in [0.2, 0.25) is 0 Å². The Morgan fingerprint density at radius 3 is 2.34 bits per heavy atom. The highest BCUT2D eigenvalue weighted by Gasteiger charge is 2.24. The third-order valence-electron chi connectivity index (χ3n) is 6.25. The van der Waals surface area contributed by atoms with Gasteiger partial charge in [-0.2, -0.15) is 0 Å². The summed E-state index contributed by atoms with van der Waals surface area (Å²) in [6.07, 6.45) is 6.51. The van der Waals surface area contributed by atoms with Crippen molar-refractivity contribution in [1.82, 2.24) is 4.31 Å². The second-order valence-electron chi connectivity index (χ2n) is 10.1. The summed E-state index contributed by atoms with van der Waals surface area (Å²) in [5, 5.41) is 10.8. The van der Waals surface area contributed by atoms with Crippen molar-refractivity contribution in [3.05, 3.63) is 70.8 Å². The molecule has 0 bridgehead atoms. The van der Waals surface area contributed by atoms with Gasteiger partial charge in [0.1, 0.15) is 11.6 Å². The number of benzene rings is 2. The molecule has 0 aliphatic heterocycles. The molecular formula is C27H37F2NOS. The van der Waals surface area contributed by atoms with Gasteiger partial charge >= 0.3 is 0 Å². The standard InChI is InChI=1S/C27H37F2NOS/c1-27(2,3)22-9-7-8-21(14-22)19-32-30(25-10-5-4-6-11-25)18-26(31)13-12-20-15-23(28)17-24(29)16-20/h7-9,14-17,25-26,31H,4-6,10-13,18-19H2,1-3H3. The topological polar surface area (TPSA) is 23.5 Å². The summed E-state index contributed by atoms with van der Waals surface area (Å²) < 4.78 is 29.3. The van der Waals surface area contributed by atoms with Crippen LogP contribution in [0.25, 0.3) is 0 Å². The van der Waals surface area contributed by atoms with Gasteiger partial charge in [-0.25, -0.2) is 13.1 Å². The summed E-state index contributed by atoms with van der Waals surface area (Å²) in [6, 6.07) is 12.9. The van der Waals surface area contributed by atoms with Crippen LogP contribution in [0, 0.1) is 11.6 Å². The quantitative estimate of drug-likeness (QED) is 0.405. The Balaban J connectivity index is 1.61. The van der Waals surface area contributed by atoms with Gasteiger partial charge in [0.25, 0.3) is 0 Å². The lowest BCUT2D eigenvalue weighted by Crippen LogP contribution is -2.37. The van der Waals surface area contributed by atoms with Gasteiger partial charge < -0.3 is 5.11 Å². The van der Waals surface area contributed by atoms with Gasteiger partial charge in [0.05, 0.1) is 6.10 Å². The van der Waals surface area contributed by atoms with E-state index in [2.05, 4.69) is 49.3 Å². The number of nitrogens with zero attached hydrogens (tertiary/aromatic N) is 1. The predicted octanol–water partition coefficient (Wildman–Crippen LogP) is 7.04. The van der Waals surface area contributed by atoms with Crippen LogP contribution in [0.3, 0.4) is 0 Å². The van der Waals surface area contributed by atoms with E-state index in [1.54, 1.807) is 0 Å².